The van der Waals surface area contributed by atoms with Gasteiger partial charge in [-0.25, -0.2) is 0 Å². The van der Waals surface area contributed by atoms with Crippen molar-refractivity contribution in [3.63, 3.8) is 0 Å². The zero-order chi connectivity index (χ0) is 23.1. The van der Waals surface area contributed by atoms with Crippen LogP contribution in [0.15, 0.2) is 54.6 Å². The standard InChI is InChI=1S/C25H27N3O4/c1-5-31-24-15-19(8-12-22(29)21-14-18(3)27-28(21)4)9-13-23(24)32-16-25(30)26-20-10-6-17(2)7-11-20/h6-15H,5,16H2,1-4H3,(H,26,30)/b12-8+. The van der Waals surface area contributed by atoms with Gasteiger partial charge in [-0.05, 0) is 62.7 Å². The normalized spacial score (nSPS) is 10.9. The summed E-state index contributed by atoms with van der Waals surface area (Å²) in [6, 6.07) is 14.6. The molecule has 0 saturated carbocycles. The molecule has 32 heavy (non-hydrogen) atoms. The van der Waals surface area contributed by atoms with Crippen LogP contribution in [0.1, 0.15) is 34.2 Å². The topological polar surface area (TPSA) is 82.4 Å². The van der Waals surface area contributed by atoms with Crippen LogP contribution in [-0.4, -0.2) is 34.7 Å². The number of ketones is 1. The maximum Gasteiger partial charge on any atom is 0.262 e. The first-order chi connectivity index (χ1) is 15.4. The van der Waals surface area contributed by atoms with Crippen LogP contribution in [0.25, 0.3) is 6.08 Å². The maximum atomic E-state index is 12.4. The number of carbonyl (C=O) groups excluding carboxylic acids is 2. The first-order valence-electron chi connectivity index (χ1n) is 10.3. The van der Waals surface area contributed by atoms with Gasteiger partial charge in [-0.1, -0.05) is 29.8 Å². The van der Waals surface area contributed by atoms with Gasteiger partial charge in [0, 0.05) is 12.7 Å². The molecule has 0 saturated heterocycles. The number of hydrogen-bond donors (Lipinski definition) is 1. The highest BCUT2D eigenvalue weighted by molar-refractivity contribution is 6.05. The minimum absolute atomic E-state index is 0.140. The van der Waals surface area contributed by atoms with Gasteiger partial charge in [-0.15, -0.1) is 0 Å². The number of benzene rings is 2. The molecular weight excluding hydrogens is 406 g/mol. The van der Waals surface area contributed by atoms with E-state index in [-0.39, 0.29) is 18.3 Å². The number of aromatic nitrogens is 2. The summed E-state index contributed by atoms with van der Waals surface area (Å²) in [5, 5.41) is 6.99. The Morgan fingerprint density at radius 1 is 1.03 bits per heavy atom. The number of amides is 1. The Morgan fingerprint density at radius 2 is 1.78 bits per heavy atom. The molecule has 0 unspecified atom stereocenters. The number of nitrogens with zero attached hydrogens (tertiary/aromatic N) is 2. The van der Waals surface area contributed by atoms with Crippen LogP contribution in [0.3, 0.4) is 0 Å². The van der Waals surface area contributed by atoms with Crippen molar-refractivity contribution in [3.05, 3.63) is 77.1 Å². The molecule has 0 bridgehead atoms. The minimum atomic E-state index is -0.266. The van der Waals surface area contributed by atoms with Crippen LogP contribution in [0.5, 0.6) is 11.5 Å². The summed E-state index contributed by atoms with van der Waals surface area (Å²) in [6.07, 6.45) is 3.21. The summed E-state index contributed by atoms with van der Waals surface area (Å²) in [4.78, 5) is 24.6. The molecule has 0 aliphatic heterocycles. The smallest absolute Gasteiger partial charge is 0.262 e. The van der Waals surface area contributed by atoms with Gasteiger partial charge in [-0.3, -0.25) is 14.3 Å². The number of anilines is 1. The van der Waals surface area contributed by atoms with Gasteiger partial charge in [-0.2, -0.15) is 5.10 Å². The van der Waals surface area contributed by atoms with Crippen LogP contribution in [0.2, 0.25) is 0 Å². The fourth-order valence-corrected chi connectivity index (χ4v) is 3.09. The molecule has 166 valence electrons. The zero-order valence-electron chi connectivity index (χ0n) is 18.7. The van der Waals surface area contributed by atoms with Gasteiger partial charge >= 0.3 is 0 Å². The highest BCUT2D eigenvalue weighted by atomic mass is 16.5. The monoisotopic (exact) mass is 433 g/mol. The van der Waals surface area contributed by atoms with Crippen molar-refractivity contribution in [1.29, 1.82) is 0 Å². The molecule has 0 fully saturated rings. The van der Waals surface area contributed by atoms with Gasteiger partial charge in [0.05, 0.1) is 12.3 Å². The summed E-state index contributed by atoms with van der Waals surface area (Å²) in [7, 11) is 1.74. The lowest BCUT2D eigenvalue weighted by molar-refractivity contribution is -0.118. The number of allylic oxidation sites excluding steroid dienone is 1. The third kappa shape index (κ3) is 6.07. The van der Waals surface area contributed by atoms with Gasteiger partial charge in [0.2, 0.25) is 5.78 Å². The molecule has 1 amide bonds. The lowest BCUT2D eigenvalue weighted by Crippen LogP contribution is -2.20. The third-order valence-electron chi connectivity index (χ3n) is 4.64. The van der Waals surface area contributed by atoms with Crippen molar-refractivity contribution >= 4 is 23.5 Å². The highest BCUT2D eigenvalue weighted by Crippen LogP contribution is 2.29. The largest absolute Gasteiger partial charge is 0.490 e. The number of aryl methyl sites for hydroxylation is 3. The van der Waals surface area contributed by atoms with E-state index in [2.05, 4.69) is 10.4 Å². The van der Waals surface area contributed by atoms with E-state index < -0.39 is 0 Å². The Balaban J connectivity index is 1.65. The minimum Gasteiger partial charge on any atom is -0.490 e. The van der Waals surface area contributed by atoms with Crippen molar-refractivity contribution in [3.8, 4) is 11.5 Å². The molecule has 7 nitrogen and oxygen atoms in total. The molecule has 0 radical (unpaired) electrons. The quantitative estimate of drug-likeness (QED) is 0.401. The Kier molecular flexibility index (Phi) is 7.44. The number of nitrogens with one attached hydrogen (secondary N) is 1. The Morgan fingerprint density at radius 3 is 2.44 bits per heavy atom. The SMILES string of the molecule is CCOc1cc(/C=C/C(=O)c2cc(C)nn2C)ccc1OCC(=O)Nc1ccc(C)cc1. The Hall–Kier alpha value is -3.87. The average molecular weight is 434 g/mol. The van der Waals surface area contributed by atoms with Crippen LogP contribution >= 0.6 is 0 Å². The van der Waals surface area contributed by atoms with Crippen molar-refractivity contribution in [2.24, 2.45) is 7.05 Å². The van der Waals surface area contributed by atoms with Crippen molar-refractivity contribution in [2.75, 3.05) is 18.5 Å². The van der Waals surface area contributed by atoms with Gasteiger partial charge in [0.25, 0.3) is 5.91 Å². The van der Waals surface area contributed by atoms with Gasteiger partial charge in [0.1, 0.15) is 5.69 Å². The molecule has 0 spiro atoms. The number of ether oxygens (including phenoxy) is 2. The second-order valence-electron chi connectivity index (χ2n) is 7.33. The van der Waals surface area contributed by atoms with Gasteiger partial charge < -0.3 is 14.8 Å². The van der Waals surface area contributed by atoms with Crippen LogP contribution in [0, 0.1) is 13.8 Å². The molecule has 0 aliphatic carbocycles. The van der Waals surface area contributed by atoms with E-state index in [0.29, 0.717) is 29.5 Å². The first kappa shape index (κ1) is 22.8. The molecule has 1 heterocycles. The first-order valence-corrected chi connectivity index (χ1v) is 10.3. The third-order valence-corrected chi connectivity index (χ3v) is 4.64. The highest BCUT2D eigenvalue weighted by Gasteiger charge is 2.11. The fourth-order valence-electron chi connectivity index (χ4n) is 3.09. The van der Waals surface area contributed by atoms with E-state index in [9.17, 15) is 9.59 Å². The lowest BCUT2D eigenvalue weighted by Gasteiger charge is -2.13. The molecular formula is C25H27N3O4. The number of rotatable bonds is 9. The summed E-state index contributed by atoms with van der Waals surface area (Å²) in [6.45, 7) is 5.98. The Bertz CT molecular complexity index is 1130. The molecule has 3 aromatic rings. The molecule has 0 aliphatic rings. The summed E-state index contributed by atoms with van der Waals surface area (Å²) >= 11 is 0. The van der Waals surface area contributed by atoms with E-state index in [1.165, 1.54) is 6.08 Å². The lowest BCUT2D eigenvalue weighted by atomic mass is 10.1. The summed E-state index contributed by atoms with van der Waals surface area (Å²) in [5.74, 6) is 0.551. The second kappa shape index (κ2) is 10.4. The van der Waals surface area contributed by atoms with Crippen LogP contribution < -0.4 is 14.8 Å². The van der Waals surface area contributed by atoms with Crippen molar-refractivity contribution in [1.82, 2.24) is 9.78 Å². The predicted molar refractivity (Wildman–Crippen MR) is 124 cm³/mol. The molecule has 7 heteroatoms. The van der Waals surface area contributed by atoms with Crippen molar-refractivity contribution < 1.29 is 19.1 Å². The fraction of sp³-hybridized carbons (Fsp3) is 0.240. The predicted octanol–water partition coefficient (Wildman–Crippen LogP) is 4.35. The average Bonchev–Trinajstić information content (AvgIpc) is 3.11. The molecule has 1 aromatic heterocycles. The molecule has 1 N–H and O–H groups in total. The van der Waals surface area contributed by atoms with E-state index >= 15 is 0 Å². The van der Waals surface area contributed by atoms with Gasteiger partial charge in [0.15, 0.2) is 18.1 Å². The van der Waals surface area contributed by atoms with E-state index in [1.807, 2.05) is 45.0 Å². The van der Waals surface area contributed by atoms with Crippen LogP contribution in [0.4, 0.5) is 5.69 Å². The molecule has 0 atom stereocenters. The number of hydrogen-bond acceptors (Lipinski definition) is 5. The van der Waals surface area contributed by atoms with Crippen molar-refractivity contribution in [2.45, 2.75) is 20.8 Å². The molecule has 2 aromatic carbocycles. The van der Waals surface area contributed by atoms with E-state index in [4.69, 9.17) is 9.47 Å². The zero-order valence-corrected chi connectivity index (χ0v) is 18.7. The number of carbonyl (C=O) groups is 2. The summed E-state index contributed by atoms with van der Waals surface area (Å²) < 4.78 is 12.9. The Labute approximate surface area is 187 Å². The second-order valence-corrected chi connectivity index (χ2v) is 7.33. The van der Waals surface area contributed by atoms with E-state index in [0.717, 1.165) is 16.8 Å². The molecule has 3 rings (SSSR count). The van der Waals surface area contributed by atoms with Crippen LogP contribution in [-0.2, 0) is 11.8 Å². The summed E-state index contributed by atoms with van der Waals surface area (Å²) in [5.41, 5.74) is 3.91. The maximum absolute atomic E-state index is 12.4. The van der Waals surface area contributed by atoms with E-state index in [1.54, 1.807) is 42.1 Å².